The Labute approximate surface area is 98.7 Å². The van der Waals surface area contributed by atoms with Crippen molar-refractivity contribution in [3.63, 3.8) is 0 Å². The van der Waals surface area contributed by atoms with Crippen molar-refractivity contribution >= 4 is 17.9 Å². The number of urea groups is 1. The van der Waals surface area contributed by atoms with Gasteiger partial charge in [0.05, 0.1) is 0 Å². The Morgan fingerprint density at radius 1 is 1.47 bits per heavy atom. The number of carboxylic acids is 1. The molecule has 7 nitrogen and oxygen atoms in total. The Hall–Kier alpha value is -1.79. The lowest BCUT2D eigenvalue weighted by atomic mass is 10.1. The van der Waals surface area contributed by atoms with Crippen LogP contribution in [0.5, 0.6) is 0 Å². The zero-order chi connectivity index (χ0) is 13.0. The molecule has 2 unspecified atom stereocenters. The van der Waals surface area contributed by atoms with Gasteiger partial charge in [-0.2, -0.15) is 0 Å². The fourth-order valence-electron chi connectivity index (χ4n) is 1.44. The van der Waals surface area contributed by atoms with E-state index in [0.29, 0.717) is 5.92 Å². The number of carbonyl (C=O) groups is 3. The van der Waals surface area contributed by atoms with Gasteiger partial charge in [0.25, 0.3) is 0 Å². The van der Waals surface area contributed by atoms with E-state index >= 15 is 0 Å². The zero-order valence-corrected chi connectivity index (χ0v) is 9.60. The van der Waals surface area contributed by atoms with Gasteiger partial charge in [-0.15, -0.1) is 0 Å². The van der Waals surface area contributed by atoms with Crippen molar-refractivity contribution in [1.82, 2.24) is 10.6 Å². The molecule has 7 heteroatoms. The summed E-state index contributed by atoms with van der Waals surface area (Å²) in [7, 11) is 0. The number of nitrogens with two attached hydrogens (primary N) is 1. The van der Waals surface area contributed by atoms with Gasteiger partial charge < -0.3 is 21.5 Å². The van der Waals surface area contributed by atoms with Crippen molar-refractivity contribution in [2.75, 3.05) is 0 Å². The lowest BCUT2D eigenvalue weighted by Crippen LogP contribution is -2.47. The molecule has 0 bridgehead atoms. The quantitative estimate of drug-likeness (QED) is 0.498. The van der Waals surface area contributed by atoms with Crippen molar-refractivity contribution in [1.29, 1.82) is 0 Å². The van der Waals surface area contributed by atoms with Gasteiger partial charge in [0.1, 0.15) is 6.04 Å². The predicted octanol–water partition coefficient (Wildman–Crippen LogP) is -0.587. The Morgan fingerprint density at radius 3 is 2.47 bits per heavy atom. The van der Waals surface area contributed by atoms with Crippen molar-refractivity contribution in [2.45, 2.75) is 38.3 Å². The van der Waals surface area contributed by atoms with Crippen LogP contribution < -0.4 is 16.4 Å². The summed E-state index contributed by atoms with van der Waals surface area (Å²) in [6.45, 7) is 1.99. The van der Waals surface area contributed by atoms with E-state index in [1.807, 2.05) is 6.92 Å². The first-order valence-electron chi connectivity index (χ1n) is 5.48. The molecular formula is C10H17N3O4. The van der Waals surface area contributed by atoms with Crippen LogP contribution in [0.25, 0.3) is 0 Å². The molecule has 1 aliphatic carbocycles. The average molecular weight is 243 g/mol. The second-order valence-corrected chi connectivity index (χ2v) is 4.33. The van der Waals surface area contributed by atoms with Gasteiger partial charge in [-0.1, -0.05) is 6.92 Å². The van der Waals surface area contributed by atoms with E-state index in [4.69, 9.17) is 10.8 Å². The molecular weight excluding hydrogens is 226 g/mol. The first kappa shape index (κ1) is 13.3. The smallest absolute Gasteiger partial charge is 0.326 e. The van der Waals surface area contributed by atoms with Crippen LogP contribution in [-0.2, 0) is 9.59 Å². The predicted molar refractivity (Wildman–Crippen MR) is 59.1 cm³/mol. The molecule has 96 valence electrons. The van der Waals surface area contributed by atoms with E-state index in [1.165, 1.54) is 0 Å². The normalized spacial score (nSPS) is 23.6. The molecule has 1 aliphatic rings. The number of carboxylic acid groups (broad SMARTS) is 1. The van der Waals surface area contributed by atoms with E-state index in [9.17, 15) is 14.4 Å². The minimum atomic E-state index is -1.18. The van der Waals surface area contributed by atoms with E-state index < -0.39 is 23.9 Å². The molecule has 0 aromatic carbocycles. The number of carbonyl (C=O) groups excluding carboxylic acids is 2. The molecule has 5 N–H and O–H groups in total. The molecule has 1 fully saturated rings. The summed E-state index contributed by atoms with van der Waals surface area (Å²) in [5.41, 5.74) is 4.92. The fourth-order valence-corrected chi connectivity index (χ4v) is 1.44. The first-order valence-corrected chi connectivity index (χ1v) is 5.48. The number of amides is 3. The third-order valence-electron chi connectivity index (χ3n) is 2.71. The zero-order valence-electron chi connectivity index (χ0n) is 9.60. The highest BCUT2D eigenvalue weighted by molar-refractivity contribution is 5.83. The molecule has 0 aromatic rings. The monoisotopic (exact) mass is 243 g/mol. The Kier molecular flexibility index (Phi) is 4.30. The van der Waals surface area contributed by atoms with E-state index in [2.05, 4.69) is 10.6 Å². The van der Waals surface area contributed by atoms with E-state index in [0.717, 1.165) is 6.42 Å². The SMILES string of the molecule is CC1CC1NC(=O)N[C@@H](CCC(N)=O)C(=O)O. The maximum Gasteiger partial charge on any atom is 0.326 e. The van der Waals surface area contributed by atoms with E-state index in [1.54, 1.807) is 0 Å². The second kappa shape index (κ2) is 5.51. The molecule has 1 rings (SSSR count). The van der Waals surface area contributed by atoms with Crippen LogP contribution in [0, 0.1) is 5.92 Å². The molecule has 0 spiro atoms. The topological polar surface area (TPSA) is 122 Å². The standard InChI is InChI=1S/C10H17N3O4/c1-5-4-7(5)13-10(17)12-6(9(15)16)2-3-8(11)14/h5-7H,2-4H2,1H3,(H2,11,14)(H,15,16)(H2,12,13,17)/t5?,6-,7?/m0/s1. The summed E-state index contributed by atoms with van der Waals surface area (Å²) in [6, 6.07) is -1.48. The third-order valence-corrected chi connectivity index (χ3v) is 2.71. The summed E-state index contributed by atoms with van der Waals surface area (Å²) < 4.78 is 0. The Bertz CT molecular complexity index is 332. The molecule has 0 heterocycles. The number of primary amides is 1. The van der Waals surface area contributed by atoms with Crippen LogP contribution in [0.1, 0.15) is 26.2 Å². The molecule has 0 radical (unpaired) electrons. The van der Waals surface area contributed by atoms with Crippen molar-refractivity contribution in [2.24, 2.45) is 11.7 Å². The van der Waals surface area contributed by atoms with Crippen LogP contribution in [0.15, 0.2) is 0 Å². The summed E-state index contributed by atoms with van der Waals surface area (Å²) in [5, 5.41) is 13.8. The fraction of sp³-hybridized carbons (Fsp3) is 0.700. The van der Waals surface area contributed by atoms with Crippen LogP contribution in [0.2, 0.25) is 0 Å². The number of hydrogen-bond acceptors (Lipinski definition) is 3. The lowest BCUT2D eigenvalue weighted by Gasteiger charge is -2.14. The first-order chi connectivity index (χ1) is 7.90. The summed E-state index contributed by atoms with van der Waals surface area (Å²) in [5.74, 6) is -1.32. The Morgan fingerprint density at radius 2 is 2.06 bits per heavy atom. The van der Waals surface area contributed by atoms with E-state index in [-0.39, 0.29) is 18.9 Å². The molecule has 1 saturated carbocycles. The van der Waals surface area contributed by atoms with Gasteiger partial charge in [0, 0.05) is 12.5 Å². The van der Waals surface area contributed by atoms with Crippen molar-refractivity contribution in [3.05, 3.63) is 0 Å². The van der Waals surface area contributed by atoms with Gasteiger partial charge >= 0.3 is 12.0 Å². The minimum Gasteiger partial charge on any atom is -0.480 e. The highest BCUT2D eigenvalue weighted by atomic mass is 16.4. The molecule has 3 amide bonds. The van der Waals surface area contributed by atoms with Gasteiger partial charge in [0.15, 0.2) is 0 Å². The van der Waals surface area contributed by atoms with Crippen LogP contribution in [-0.4, -0.2) is 35.1 Å². The van der Waals surface area contributed by atoms with Gasteiger partial charge in [-0.25, -0.2) is 9.59 Å². The number of nitrogens with one attached hydrogen (secondary N) is 2. The van der Waals surface area contributed by atoms with Crippen LogP contribution in [0.3, 0.4) is 0 Å². The summed E-state index contributed by atoms with van der Waals surface area (Å²) in [4.78, 5) is 32.8. The Balaban J connectivity index is 2.34. The molecule has 0 aromatic heterocycles. The van der Waals surface area contributed by atoms with Crippen LogP contribution in [0.4, 0.5) is 4.79 Å². The third kappa shape index (κ3) is 4.71. The summed E-state index contributed by atoms with van der Waals surface area (Å²) >= 11 is 0. The van der Waals surface area contributed by atoms with Gasteiger partial charge in [0.2, 0.25) is 5.91 Å². The maximum atomic E-state index is 11.4. The highest BCUT2D eigenvalue weighted by Gasteiger charge is 2.34. The molecule has 3 atom stereocenters. The average Bonchev–Trinajstić information content (AvgIpc) is 2.87. The van der Waals surface area contributed by atoms with Gasteiger partial charge in [-0.05, 0) is 18.8 Å². The highest BCUT2D eigenvalue weighted by Crippen LogP contribution is 2.28. The summed E-state index contributed by atoms with van der Waals surface area (Å²) in [6.07, 6.45) is 0.835. The number of rotatable bonds is 6. The molecule has 0 saturated heterocycles. The number of hydrogen-bond donors (Lipinski definition) is 4. The number of aliphatic carboxylic acids is 1. The van der Waals surface area contributed by atoms with Crippen molar-refractivity contribution in [3.8, 4) is 0 Å². The largest absolute Gasteiger partial charge is 0.480 e. The van der Waals surface area contributed by atoms with Gasteiger partial charge in [-0.3, -0.25) is 4.79 Å². The van der Waals surface area contributed by atoms with Crippen molar-refractivity contribution < 1.29 is 19.5 Å². The lowest BCUT2D eigenvalue weighted by molar-refractivity contribution is -0.139. The van der Waals surface area contributed by atoms with Crippen LogP contribution >= 0.6 is 0 Å². The molecule has 17 heavy (non-hydrogen) atoms. The molecule has 0 aliphatic heterocycles. The second-order valence-electron chi connectivity index (χ2n) is 4.33. The minimum absolute atomic E-state index is 0.00168. The maximum absolute atomic E-state index is 11.4.